The minimum absolute atomic E-state index is 0.228. The number of carbonyl (C=O) groups excluding carboxylic acids is 1. The molecule has 0 radical (unpaired) electrons. The average molecular weight is 280 g/mol. The number of ether oxygens (including phenoxy) is 1. The van der Waals surface area contributed by atoms with Gasteiger partial charge in [-0.2, -0.15) is 0 Å². The summed E-state index contributed by atoms with van der Waals surface area (Å²) in [5, 5.41) is 0. The Morgan fingerprint density at radius 1 is 1.25 bits per heavy atom. The predicted octanol–water partition coefficient (Wildman–Crippen LogP) is 3.80. The normalized spacial score (nSPS) is 11.8. The van der Waals surface area contributed by atoms with E-state index in [1.807, 2.05) is 0 Å². The van der Waals surface area contributed by atoms with Gasteiger partial charge >= 0.3 is 0 Å². The molecule has 0 unspecified atom stereocenters. The number of hydrogen-bond donors (Lipinski definition) is 0. The number of hydrogen-bond acceptors (Lipinski definition) is 2. The Morgan fingerprint density at radius 2 is 1.81 bits per heavy atom. The van der Waals surface area contributed by atoms with Crippen LogP contribution in [0.3, 0.4) is 0 Å². The Balaban J connectivity index is 2.77. The molecular weight excluding hydrogens is 270 g/mol. The van der Waals surface area contributed by atoms with Crippen LogP contribution in [0, 0.1) is 0 Å². The van der Waals surface area contributed by atoms with E-state index < -0.39 is 3.79 Å². The van der Waals surface area contributed by atoms with Crippen LogP contribution >= 0.6 is 34.8 Å². The molecule has 0 amide bonds. The van der Waals surface area contributed by atoms with Crippen LogP contribution in [0.2, 0.25) is 0 Å². The van der Waals surface area contributed by atoms with Crippen molar-refractivity contribution in [2.75, 3.05) is 7.11 Å². The fraction of sp³-hybridized carbons (Fsp3) is 0.182. The lowest BCUT2D eigenvalue weighted by atomic mass is 10.1. The highest BCUT2D eigenvalue weighted by Crippen LogP contribution is 2.27. The molecular formula is C11H9Cl3O2. The van der Waals surface area contributed by atoms with Crippen LogP contribution in [0.25, 0.3) is 0 Å². The summed E-state index contributed by atoms with van der Waals surface area (Å²) in [7, 11) is 1.56. The molecule has 86 valence electrons. The zero-order valence-electron chi connectivity index (χ0n) is 8.41. The SMILES string of the molecule is COc1ccc(C(=O)/C=C/C(Cl)(Cl)Cl)cc1. The summed E-state index contributed by atoms with van der Waals surface area (Å²) in [6.07, 6.45) is 2.44. The van der Waals surface area contributed by atoms with Crippen LogP contribution in [0.15, 0.2) is 36.4 Å². The van der Waals surface area contributed by atoms with Gasteiger partial charge in [-0.3, -0.25) is 4.79 Å². The zero-order valence-corrected chi connectivity index (χ0v) is 10.7. The van der Waals surface area contributed by atoms with Gasteiger partial charge in [0.05, 0.1) is 7.11 Å². The van der Waals surface area contributed by atoms with E-state index in [0.717, 1.165) is 0 Å². The Kier molecular flexibility index (Phi) is 4.66. The van der Waals surface area contributed by atoms with Gasteiger partial charge in [0.1, 0.15) is 5.75 Å². The van der Waals surface area contributed by atoms with Crippen molar-refractivity contribution < 1.29 is 9.53 Å². The van der Waals surface area contributed by atoms with Crippen molar-refractivity contribution in [3.05, 3.63) is 42.0 Å². The molecule has 0 aliphatic rings. The number of halogens is 3. The fourth-order valence-electron chi connectivity index (χ4n) is 1.02. The maximum Gasteiger partial charge on any atom is 0.209 e. The van der Waals surface area contributed by atoms with E-state index in [9.17, 15) is 4.79 Å². The number of rotatable bonds is 3. The second kappa shape index (κ2) is 5.58. The van der Waals surface area contributed by atoms with Crippen molar-refractivity contribution in [1.82, 2.24) is 0 Å². The van der Waals surface area contributed by atoms with Gasteiger partial charge in [-0.05, 0) is 36.4 Å². The van der Waals surface area contributed by atoms with Crippen LogP contribution < -0.4 is 4.74 Å². The number of allylic oxidation sites excluding steroid dienone is 2. The molecule has 0 saturated heterocycles. The highest BCUT2D eigenvalue weighted by Gasteiger charge is 2.15. The lowest BCUT2D eigenvalue weighted by Crippen LogP contribution is -1.99. The van der Waals surface area contributed by atoms with Gasteiger partial charge in [0.25, 0.3) is 0 Å². The van der Waals surface area contributed by atoms with Crippen molar-refractivity contribution in [2.45, 2.75) is 3.79 Å². The van der Waals surface area contributed by atoms with E-state index in [-0.39, 0.29) is 5.78 Å². The summed E-state index contributed by atoms with van der Waals surface area (Å²) in [6, 6.07) is 6.67. The van der Waals surface area contributed by atoms with Crippen molar-refractivity contribution in [3.63, 3.8) is 0 Å². The van der Waals surface area contributed by atoms with E-state index >= 15 is 0 Å². The Hall–Kier alpha value is -0.700. The number of methoxy groups -OCH3 is 1. The largest absolute Gasteiger partial charge is 0.497 e. The van der Waals surface area contributed by atoms with Gasteiger partial charge in [-0.1, -0.05) is 34.8 Å². The molecule has 1 rings (SSSR count). The van der Waals surface area contributed by atoms with E-state index in [2.05, 4.69) is 0 Å². The van der Waals surface area contributed by atoms with Crippen molar-refractivity contribution in [3.8, 4) is 5.75 Å². The number of carbonyl (C=O) groups is 1. The summed E-state index contributed by atoms with van der Waals surface area (Å²) >= 11 is 16.5. The minimum atomic E-state index is -1.55. The minimum Gasteiger partial charge on any atom is -0.497 e. The first-order chi connectivity index (χ1) is 7.42. The van der Waals surface area contributed by atoms with Gasteiger partial charge in [0.15, 0.2) is 5.78 Å². The molecule has 0 atom stereocenters. The first-order valence-electron chi connectivity index (χ1n) is 4.37. The number of ketones is 1. The summed E-state index contributed by atoms with van der Waals surface area (Å²) in [5.41, 5.74) is 0.506. The zero-order chi connectivity index (χ0) is 12.2. The van der Waals surface area contributed by atoms with Gasteiger partial charge in [0, 0.05) is 5.56 Å². The van der Waals surface area contributed by atoms with Crippen LogP contribution in [-0.2, 0) is 0 Å². The Labute approximate surface area is 109 Å². The van der Waals surface area contributed by atoms with E-state index in [4.69, 9.17) is 39.5 Å². The quantitative estimate of drug-likeness (QED) is 0.478. The Bertz CT molecular complexity index is 391. The van der Waals surface area contributed by atoms with Crippen molar-refractivity contribution >= 4 is 40.6 Å². The predicted molar refractivity (Wildman–Crippen MR) is 66.8 cm³/mol. The third kappa shape index (κ3) is 4.44. The topological polar surface area (TPSA) is 26.3 Å². The van der Waals surface area contributed by atoms with Crippen molar-refractivity contribution in [2.24, 2.45) is 0 Å². The molecule has 5 heteroatoms. The fourth-order valence-corrected chi connectivity index (χ4v) is 1.21. The molecule has 0 N–H and O–H groups in total. The third-order valence-corrected chi connectivity index (χ3v) is 2.18. The molecule has 0 bridgehead atoms. The molecule has 0 fully saturated rings. The molecule has 0 saturated carbocycles. The molecule has 0 aliphatic carbocycles. The highest BCUT2D eigenvalue weighted by atomic mass is 35.6. The molecule has 0 heterocycles. The molecule has 0 aromatic heterocycles. The van der Waals surface area contributed by atoms with Gasteiger partial charge < -0.3 is 4.74 Å². The Morgan fingerprint density at radius 3 is 2.25 bits per heavy atom. The highest BCUT2D eigenvalue weighted by molar-refractivity contribution is 6.69. The molecule has 1 aromatic carbocycles. The number of benzene rings is 1. The molecule has 0 aliphatic heterocycles. The first kappa shape index (κ1) is 13.4. The van der Waals surface area contributed by atoms with Crippen LogP contribution in [-0.4, -0.2) is 16.7 Å². The second-order valence-corrected chi connectivity index (χ2v) is 5.34. The average Bonchev–Trinajstić information content (AvgIpc) is 2.25. The molecule has 16 heavy (non-hydrogen) atoms. The lowest BCUT2D eigenvalue weighted by Gasteiger charge is -2.03. The third-order valence-electron chi connectivity index (χ3n) is 1.80. The van der Waals surface area contributed by atoms with E-state index in [1.165, 1.54) is 12.2 Å². The van der Waals surface area contributed by atoms with Crippen LogP contribution in [0.4, 0.5) is 0 Å². The summed E-state index contributed by atoms with van der Waals surface area (Å²) in [4.78, 5) is 11.6. The smallest absolute Gasteiger partial charge is 0.209 e. The van der Waals surface area contributed by atoms with Crippen LogP contribution in [0.1, 0.15) is 10.4 Å². The lowest BCUT2D eigenvalue weighted by molar-refractivity contribution is 0.104. The molecule has 1 aromatic rings. The first-order valence-corrected chi connectivity index (χ1v) is 5.50. The van der Waals surface area contributed by atoms with Gasteiger partial charge in [-0.25, -0.2) is 0 Å². The summed E-state index contributed by atoms with van der Waals surface area (Å²) in [5.74, 6) is 0.455. The van der Waals surface area contributed by atoms with Crippen LogP contribution in [0.5, 0.6) is 5.75 Å². The van der Waals surface area contributed by atoms with Gasteiger partial charge in [0.2, 0.25) is 3.79 Å². The van der Waals surface area contributed by atoms with E-state index in [1.54, 1.807) is 31.4 Å². The van der Waals surface area contributed by atoms with Crippen molar-refractivity contribution in [1.29, 1.82) is 0 Å². The monoisotopic (exact) mass is 278 g/mol. The summed E-state index contributed by atoms with van der Waals surface area (Å²) < 4.78 is 3.42. The van der Waals surface area contributed by atoms with Gasteiger partial charge in [-0.15, -0.1) is 0 Å². The molecule has 2 nitrogen and oxygen atoms in total. The second-order valence-electron chi connectivity index (χ2n) is 2.97. The summed E-state index contributed by atoms with van der Waals surface area (Å²) in [6.45, 7) is 0. The standard InChI is InChI=1S/C11H9Cl3O2/c1-16-9-4-2-8(3-5-9)10(15)6-7-11(12,13)14/h2-7H,1H3/b7-6+. The molecule has 0 spiro atoms. The maximum absolute atomic E-state index is 11.6. The maximum atomic E-state index is 11.6. The van der Waals surface area contributed by atoms with E-state index in [0.29, 0.717) is 11.3 Å². The number of alkyl halides is 3.